The van der Waals surface area contributed by atoms with Crippen molar-refractivity contribution in [3.8, 4) is 5.75 Å². The van der Waals surface area contributed by atoms with E-state index in [1.54, 1.807) is 12.1 Å². The van der Waals surface area contributed by atoms with Gasteiger partial charge in [-0.2, -0.15) is 0 Å². The Bertz CT molecular complexity index is 749. The molecule has 2 aromatic carbocycles. The third-order valence-corrected chi connectivity index (χ3v) is 4.54. The lowest BCUT2D eigenvalue weighted by Gasteiger charge is -2.28. The average molecular weight is 374 g/mol. The molecule has 138 valence electrons. The molecule has 0 saturated heterocycles. The molecule has 6 heteroatoms. The fourth-order valence-electron chi connectivity index (χ4n) is 2.95. The summed E-state index contributed by atoms with van der Waals surface area (Å²) < 4.78 is 5.71. The Balaban J connectivity index is 1.69. The Hall–Kier alpha value is -2.24. The van der Waals surface area contributed by atoms with E-state index in [1.807, 2.05) is 37.3 Å². The smallest absolute Gasteiger partial charge is 0.191 e. The van der Waals surface area contributed by atoms with Gasteiger partial charge in [-0.15, -0.1) is 0 Å². The summed E-state index contributed by atoms with van der Waals surface area (Å²) in [6.45, 7) is 3.70. The van der Waals surface area contributed by atoms with Crippen molar-refractivity contribution in [3.63, 3.8) is 0 Å². The standard InChI is InChI=1S/C20H24ClN3O2/c1-2-22-20(23-13-18(25)14-7-9-15(21)10-8-14)24-17-11-12-26-19-6-4-3-5-16(17)19/h3-10,17-18,25H,2,11-13H2,1H3,(H2,22,23,24). The van der Waals surface area contributed by atoms with E-state index in [1.165, 1.54) is 0 Å². The van der Waals surface area contributed by atoms with Crippen LogP contribution >= 0.6 is 11.6 Å². The van der Waals surface area contributed by atoms with Crippen molar-refractivity contribution < 1.29 is 9.84 Å². The van der Waals surface area contributed by atoms with Crippen molar-refractivity contribution in [2.75, 3.05) is 19.7 Å². The second-order valence-electron chi connectivity index (χ2n) is 6.16. The van der Waals surface area contributed by atoms with Crippen molar-refractivity contribution in [3.05, 3.63) is 64.7 Å². The number of hydrogen-bond donors (Lipinski definition) is 3. The van der Waals surface area contributed by atoms with Crippen molar-refractivity contribution in [1.82, 2.24) is 10.6 Å². The minimum atomic E-state index is -0.676. The SMILES string of the molecule is CCNC(=NCC(O)c1ccc(Cl)cc1)NC1CCOc2ccccc21. The van der Waals surface area contributed by atoms with E-state index >= 15 is 0 Å². The second-order valence-corrected chi connectivity index (χ2v) is 6.60. The van der Waals surface area contributed by atoms with E-state index < -0.39 is 6.10 Å². The zero-order valence-corrected chi connectivity index (χ0v) is 15.5. The summed E-state index contributed by atoms with van der Waals surface area (Å²) >= 11 is 5.90. The highest BCUT2D eigenvalue weighted by atomic mass is 35.5. The van der Waals surface area contributed by atoms with Crippen LogP contribution in [-0.4, -0.2) is 30.8 Å². The maximum atomic E-state index is 10.4. The number of halogens is 1. The van der Waals surface area contributed by atoms with Gasteiger partial charge in [-0.3, -0.25) is 4.99 Å². The lowest BCUT2D eigenvalue weighted by molar-refractivity contribution is 0.187. The van der Waals surface area contributed by atoms with Crippen LogP contribution in [0.4, 0.5) is 0 Å². The largest absolute Gasteiger partial charge is 0.493 e. The Morgan fingerprint density at radius 2 is 2.04 bits per heavy atom. The molecule has 5 nitrogen and oxygen atoms in total. The molecule has 0 spiro atoms. The molecular formula is C20H24ClN3O2. The molecule has 3 rings (SSSR count). The molecule has 0 amide bonds. The summed E-state index contributed by atoms with van der Waals surface area (Å²) in [4.78, 5) is 4.55. The second kappa shape index (κ2) is 8.92. The number of aliphatic hydroxyl groups is 1. The molecule has 0 radical (unpaired) electrons. The van der Waals surface area contributed by atoms with Gasteiger partial charge in [-0.25, -0.2) is 0 Å². The highest BCUT2D eigenvalue weighted by Crippen LogP contribution is 2.31. The first-order chi connectivity index (χ1) is 12.7. The quantitative estimate of drug-likeness (QED) is 0.554. The number of aliphatic imine (C=N–C) groups is 1. The summed E-state index contributed by atoms with van der Waals surface area (Å²) in [6.07, 6.45) is 0.186. The van der Waals surface area contributed by atoms with Crippen LogP contribution in [0.1, 0.15) is 36.6 Å². The molecule has 2 aromatic rings. The van der Waals surface area contributed by atoms with Crippen LogP contribution in [-0.2, 0) is 0 Å². The molecule has 1 aliphatic rings. The lowest BCUT2D eigenvalue weighted by Crippen LogP contribution is -2.41. The van der Waals surface area contributed by atoms with Crippen LogP contribution in [0.15, 0.2) is 53.5 Å². The van der Waals surface area contributed by atoms with Gasteiger partial charge in [0.2, 0.25) is 0 Å². The Morgan fingerprint density at radius 3 is 2.81 bits per heavy atom. The number of hydrogen-bond acceptors (Lipinski definition) is 3. The zero-order chi connectivity index (χ0) is 18.4. The van der Waals surface area contributed by atoms with E-state index in [9.17, 15) is 5.11 Å². The first-order valence-corrected chi connectivity index (χ1v) is 9.25. The Morgan fingerprint density at radius 1 is 1.27 bits per heavy atom. The van der Waals surface area contributed by atoms with Gasteiger partial charge in [0, 0.05) is 23.6 Å². The number of fused-ring (bicyclic) bond motifs is 1. The topological polar surface area (TPSA) is 65.9 Å². The van der Waals surface area contributed by atoms with Crippen LogP contribution in [0.25, 0.3) is 0 Å². The average Bonchev–Trinajstić information content (AvgIpc) is 2.67. The summed E-state index contributed by atoms with van der Waals surface area (Å²) in [5.41, 5.74) is 1.92. The summed E-state index contributed by atoms with van der Waals surface area (Å²) in [7, 11) is 0. The van der Waals surface area contributed by atoms with Gasteiger partial charge in [-0.1, -0.05) is 41.9 Å². The van der Waals surface area contributed by atoms with Gasteiger partial charge in [0.15, 0.2) is 5.96 Å². The lowest BCUT2D eigenvalue weighted by atomic mass is 10.0. The molecule has 1 heterocycles. The number of guanidine groups is 1. The summed E-state index contributed by atoms with van der Waals surface area (Å²) in [5.74, 6) is 1.59. The van der Waals surface area contributed by atoms with Crippen LogP contribution in [0.3, 0.4) is 0 Å². The fraction of sp³-hybridized carbons (Fsp3) is 0.350. The number of benzene rings is 2. The van der Waals surface area contributed by atoms with E-state index in [0.29, 0.717) is 17.6 Å². The van der Waals surface area contributed by atoms with E-state index in [4.69, 9.17) is 16.3 Å². The number of nitrogens with zero attached hydrogens (tertiary/aromatic N) is 1. The molecule has 0 bridgehead atoms. The molecule has 26 heavy (non-hydrogen) atoms. The Kier molecular flexibility index (Phi) is 6.36. The maximum absolute atomic E-state index is 10.4. The fourth-order valence-corrected chi connectivity index (χ4v) is 3.07. The molecule has 0 saturated carbocycles. The molecule has 1 aliphatic heterocycles. The van der Waals surface area contributed by atoms with E-state index in [-0.39, 0.29) is 12.6 Å². The third-order valence-electron chi connectivity index (χ3n) is 4.29. The van der Waals surface area contributed by atoms with Gasteiger partial charge in [0.25, 0.3) is 0 Å². The van der Waals surface area contributed by atoms with Crippen LogP contribution < -0.4 is 15.4 Å². The number of aliphatic hydroxyl groups excluding tert-OH is 1. The summed E-state index contributed by atoms with van der Waals surface area (Å²) in [5, 5.41) is 17.7. The molecule has 2 atom stereocenters. The van der Waals surface area contributed by atoms with Crippen molar-refractivity contribution in [2.24, 2.45) is 4.99 Å². The summed E-state index contributed by atoms with van der Waals surface area (Å²) in [6, 6.07) is 15.3. The highest BCUT2D eigenvalue weighted by Gasteiger charge is 2.21. The van der Waals surface area contributed by atoms with Gasteiger partial charge in [0.1, 0.15) is 5.75 Å². The minimum Gasteiger partial charge on any atom is -0.493 e. The molecule has 3 N–H and O–H groups in total. The van der Waals surface area contributed by atoms with Gasteiger partial charge in [0.05, 0.1) is 25.3 Å². The maximum Gasteiger partial charge on any atom is 0.191 e. The highest BCUT2D eigenvalue weighted by molar-refractivity contribution is 6.30. The van der Waals surface area contributed by atoms with Crippen molar-refractivity contribution in [1.29, 1.82) is 0 Å². The van der Waals surface area contributed by atoms with Crippen LogP contribution in [0.2, 0.25) is 5.02 Å². The number of para-hydroxylation sites is 1. The Labute approximate surface area is 159 Å². The van der Waals surface area contributed by atoms with Crippen LogP contribution in [0, 0.1) is 0 Å². The third kappa shape index (κ3) is 4.68. The molecule has 2 unspecified atom stereocenters. The predicted molar refractivity (Wildman–Crippen MR) is 105 cm³/mol. The molecular weight excluding hydrogens is 350 g/mol. The zero-order valence-electron chi connectivity index (χ0n) is 14.8. The first kappa shape index (κ1) is 18.5. The number of rotatable bonds is 5. The minimum absolute atomic E-state index is 0.130. The van der Waals surface area contributed by atoms with Crippen molar-refractivity contribution >= 4 is 17.6 Å². The van der Waals surface area contributed by atoms with Crippen LogP contribution in [0.5, 0.6) is 5.75 Å². The van der Waals surface area contributed by atoms with Gasteiger partial charge >= 0.3 is 0 Å². The van der Waals surface area contributed by atoms with E-state index in [2.05, 4.69) is 21.7 Å². The number of nitrogens with one attached hydrogen (secondary N) is 2. The van der Waals surface area contributed by atoms with Gasteiger partial charge < -0.3 is 20.5 Å². The molecule has 0 aliphatic carbocycles. The predicted octanol–water partition coefficient (Wildman–Crippen LogP) is 3.45. The van der Waals surface area contributed by atoms with Gasteiger partial charge in [-0.05, 0) is 30.7 Å². The first-order valence-electron chi connectivity index (χ1n) is 8.87. The molecule has 0 aromatic heterocycles. The van der Waals surface area contributed by atoms with Crippen molar-refractivity contribution in [2.45, 2.75) is 25.5 Å². The monoisotopic (exact) mass is 373 g/mol. The number of ether oxygens (including phenoxy) is 1. The molecule has 0 fully saturated rings. The van der Waals surface area contributed by atoms with E-state index in [0.717, 1.165) is 29.8 Å². The normalized spacial score (nSPS) is 17.8.